The van der Waals surface area contributed by atoms with E-state index in [1.54, 1.807) is 12.1 Å². The summed E-state index contributed by atoms with van der Waals surface area (Å²) in [4.78, 5) is 0. The van der Waals surface area contributed by atoms with Gasteiger partial charge in [-0.3, -0.25) is 0 Å². The van der Waals surface area contributed by atoms with Crippen molar-refractivity contribution in [2.45, 2.75) is 76.3 Å². The second kappa shape index (κ2) is 7.57. The van der Waals surface area contributed by atoms with E-state index >= 15 is 0 Å². The average Bonchev–Trinajstić information content (AvgIpc) is 2.61. The van der Waals surface area contributed by atoms with Gasteiger partial charge >= 0.3 is 6.18 Å². The predicted molar refractivity (Wildman–Crippen MR) is 116 cm³/mol. The Hall–Kier alpha value is -1.62. The van der Waals surface area contributed by atoms with Crippen molar-refractivity contribution in [1.29, 1.82) is 0 Å². The molecule has 29 heavy (non-hydrogen) atoms. The number of hydrogen-bond donors (Lipinski definition) is 0. The van der Waals surface area contributed by atoms with Crippen LogP contribution in [0.15, 0.2) is 36.5 Å². The molecule has 1 nitrogen and oxygen atoms in total. The van der Waals surface area contributed by atoms with Crippen LogP contribution in [0, 0.1) is 6.92 Å². The highest BCUT2D eigenvalue weighted by atomic mass is 28.3. The fourth-order valence-corrected chi connectivity index (χ4v) is 6.90. The van der Waals surface area contributed by atoms with Gasteiger partial charge in [0, 0.05) is 25.3 Å². The highest BCUT2D eigenvalue weighted by Crippen LogP contribution is 2.42. The summed E-state index contributed by atoms with van der Waals surface area (Å²) in [5.74, 6) is 0.631. The number of pyridine rings is 1. The lowest BCUT2D eigenvalue weighted by Crippen LogP contribution is -2.36. The third-order valence-electron chi connectivity index (χ3n) is 6.90. The van der Waals surface area contributed by atoms with Crippen molar-refractivity contribution < 1.29 is 17.7 Å². The minimum Gasteiger partial charge on any atom is -0.201 e. The summed E-state index contributed by atoms with van der Waals surface area (Å²) in [6, 6.07) is 12.3. The molecule has 1 aromatic carbocycles. The third-order valence-corrected chi connectivity index (χ3v) is 10.2. The highest BCUT2D eigenvalue weighted by molar-refractivity contribution is 6.77. The van der Waals surface area contributed by atoms with Crippen molar-refractivity contribution in [1.82, 2.24) is 0 Å². The molecule has 0 bridgehead atoms. The topological polar surface area (TPSA) is 3.88 Å². The van der Waals surface area contributed by atoms with Crippen LogP contribution in [0.4, 0.5) is 13.2 Å². The molecule has 5 heteroatoms. The number of rotatable bonds is 3. The van der Waals surface area contributed by atoms with Gasteiger partial charge in [-0.25, -0.2) is 4.57 Å². The van der Waals surface area contributed by atoms with E-state index in [0.29, 0.717) is 11.5 Å². The van der Waals surface area contributed by atoms with Crippen LogP contribution in [0.1, 0.15) is 49.3 Å². The van der Waals surface area contributed by atoms with Crippen LogP contribution in [0.5, 0.6) is 0 Å². The number of hydrogen-bond acceptors (Lipinski definition) is 0. The van der Waals surface area contributed by atoms with Crippen molar-refractivity contribution in [3.8, 4) is 11.3 Å². The molecular weight excluding hydrogens is 387 g/mol. The monoisotopic (exact) mass is 420 g/mol. The van der Waals surface area contributed by atoms with Crippen LogP contribution in [0.2, 0.25) is 25.2 Å². The zero-order valence-corrected chi connectivity index (χ0v) is 19.5. The Labute approximate surface area is 174 Å². The maximum Gasteiger partial charge on any atom is 0.397 e. The fourth-order valence-electron chi connectivity index (χ4n) is 4.39. The summed E-state index contributed by atoms with van der Waals surface area (Å²) in [6.07, 6.45) is 0.495. The first-order valence-corrected chi connectivity index (χ1v) is 13.9. The van der Waals surface area contributed by atoms with Crippen molar-refractivity contribution in [2.24, 2.45) is 7.05 Å². The largest absolute Gasteiger partial charge is 0.397 e. The van der Waals surface area contributed by atoms with Gasteiger partial charge in [0.25, 0.3) is 0 Å². The van der Waals surface area contributed by atoms with Gasteiger partial charge in [-0.1, -0.05) is 37.3 Å². The third kappa shape index (κ3) is 4.45. The van der Waals surface area contributed by atoms with E-state index in [1.807, 2.05) is 20.0 Å². The fraction of sp³-hybridized carbons (Fsp3) is 0.542. The minimum absolute atomic E-state index is 0.305. The second-order valence-corrected chi connectivity index (χ2v) is 15.4. The molecule has 1 fully saturated rings. The highest BCUT2D eigenvalue weighted by Gasteiger charge is 2.48. The molecule has 2 aromatic rings. The summed E-state index contributed by atoms with van der Waals surface area (Å²) < 4.78 is 42.3. The summed E-state index contributed by atoms with van der Waals surface area (Å²) >= 11 is 0. The Kier molecular flexibility index (Phi) is 5.76. The summed E-state index contributed by atoms with van der Waals surface area (Å²) in [5.41, 5.74) is 2.72. The minimum atomic E-state index is -4.27. The lowest BCUT2D eigenvalue weighted by atomic mass is 9.82. The van der Waals surface area contributed by atoms with E-state index in [-0.39, 0.29) is 0 Å². The van der Waals surface area contributed by atoms with Crippen molar-refractivity contribution in [3.05, 3.63) is 53.2 Å². The molecule has 1 aliphatic rings. The van der Waals surface area contributed by atoms with Crippen LogP contribution >= 0.6 is 0 Å². The Morgan fingerprint density at radius 3 is 2.14 bits per heavy atom. The molecule has 1 aliphatic heterocycles. The zero-order chi connectivity index (χ0) is 21.6. The molecule has 0 spiro atoms. The lowest BCUT2D eigenvalue weighted by molar-refractivity contribution is -0.660. The molecule has 1 aromatic heterocycles. The number of nitrogens with zero attached hydrogens (tertiary/aromatic N) is 1. The van der Waals surface area contributed by atoms with Gasteiger partial charge in [-0.15, -0.1) is 0 Å². The summed E-state index contributed by atoms with van der Waals surface area (Å²) in [5, 5.41) is 0. The van der Waals surface area contributed by atoms with E-state index in [4.69, 9.17) is 0 Å². The van der Waals surface area contributed by atoms with Gasteiger partial charge in [-0.05, 0) is 62.8 Å². The standard InChI is InChI=1S/C24H33F3NSi/c1-17-15-20(23(2,3)24(25,26)27)8-9-21(17)22-10-7-19(16-28(22)4)18-11-13-29(5,6)14-12-18/h7-10,15-16,18H,11-14H2,1-6H3/q+1. The van der Waals surface area contributed by atoms with E-state index < -0.39 is 19.7 Å². The Morgan fingerprint density at radius 2 is 1.62 bits per heavy atom. The van der Waals surface area contributed by atoms with E-state index in [9.17, 15) is 13.2 Å². The first kappa shape index (κ1) is 22.1. The number of alkyl halides is 3. The smallest absolute Gasteiger partial charge is 0.201 e. The van der Waals surface area contributed by atoms with E-state index in [1.165, 1.54) is 44.3 Å². The van der Waals surface area contributed by atoms with Crippen LogP contribution in [-0.4, -0.2) is 14.3 Å². The predicted octanol–water partition coefficient (Wildman–Crippen LogP) is 6.91. The molecule has 0 radical (unpaired) electrons. The molecule has 0 saturated carbocycles. The number of aromatic nitrogens is 1. The first-order valence-electron chi connectivity index (χ1n) is 10.5. The maximum absolute atomic E-state index is 13.4. The molecule has 3 rings (SSSR count). The Balaban J connectivity index is 1.88. The summed E-state index contributed by atoms with van der Waals surface area (Å²) in [6.45, 7) is 9.35. The SMILES string of the molecule is Cc1cc(C(C)(C)C(F)(F)F)ccc1-c1ccc(C2CC[Si](C)(C)CC2)c[n+]1C. The van der Waals surface area contributed by atoms with Crippen LogP contribution in [-0.2, 0) is 12.5 Å². The lowest BCUT2D eigenvalue weighted by Gasteiger charge is -2.32. The van der Waals surface area contributed by atoms with E-state index in [0.717, 1.165) is 16.8 Å². The molecule has 1 saturated heterocycles. The molecular formula is C24H33F3NSi+. The number of benzene rings is 1. The van der Waals surface area contributed by atoms with Crippen molar-refractivity contribution in [2.75, 3.05) is 0 Å². The molecule has 0 N–H and O–H groups in total. The molecule has 0 aliphatic carbocycles. The second-order valence-electron chi connectivity index (χ2n) is 10.0. The van der Waals surface area contributed by atoms with Crippen LogP contribution in [0.25, 0.3) is 11.3 Å². The molecule has 0 atom stereocenters. The molecule has 158 valence electrons. The quantitative estimate of drug-likeness (QED) is 0.375. The van der Waals surface area contributed by atoms with Crippen molar-refractivity contribution in [3.63, 3.8) is 0 Å². The number of aryl methyl sites for hydroxylation is 2. The van der Waals surface area contributed by atoms with Gasteiger partial charge in [-0.2, -0.15) is 13.2 Å². The van der Waals surface area contributed by atoms with Gasteiger partial charge in [0.2, 0.25) is 5.69 Å². The maximum atomic E-state index is 13.4. The van der Waals surface area contributed by atoms with Gasteiger partial charge in [0.05, 0.1) is 5.41 Å². The first-order chi connectivity index (χ1) is 13.3. The van der Waals surface area contributed by atoms with Crippen LogP contribution < -0.4 is 4.57 Å². The average molecular weight is 421 g/mol. The molecule has 0 unspecified atom stereocenters. The van der Waals surface area contributed by atoms with Gasteiger partial charge < -0.3 is 0 Å². The summed E-state index contributed by atoms with van der Waals surface area (Å²) in [7, 11) is 1.06. The van der Waals surface area contributed by atoms with Gasteiger partial charge in [0.1, 0.15) is 7.05 Å². The number of halogens is 3. The van der Waals surface area contributed by atoms with Gasteiger partial charge in [0.15, 0.2) is 6.20 Å². The normalized spacial score (nSPS) is 18.1. The van der Waals surface area contributed by atoms with E-state index in [2.05, 4.69) is 36.0 Å². The Bertz CT molecular complexity index is 889. The van der Waals surface area contributed by atoms with Crippen LogP contribution in [0.3, 0.4) is 0 Å². The molecule has 2 heterocycles. The van der Waals surface area contributed by atoms with Crippen molar-refractivity contribution >= 4 is 8.07 Å². The molecule has 0 amide bonds. The Morgan fingerprint density at radius 1 is 1.00 bits per heavy atom. The zero-order valence-electron chi connectivity index (χ0n) is 18.5.